The van der Waals surface area contributed by atoms with Gasteiger partial charge in [0, 0.05) is 85.1 Å². The third kappa shape index (κ3) is 29.5. The summed E-state index contributed by atoms with van der Waals surface area (Å²) < 4.78 is 16.9. The molecule has 7 rings (SSSR count). The average molecular weight is 1110 g/mol. The van der Waals surface area contributed by atoms with Crippen LogP contribution in [-0.2, 0) is 42.0 Å². The second-order valence-corrected chi connectivity index (χ2v) is 26.3. The molecule has 1 fully saturated rings. The van der Waals surface area contributed by atoms with Crippen molar-refractivity contribution in [2.45, 2.75) is 17.7 Å². The summed E-state index contributed by atoms with van der Waals surface area (Å²) in [7, 11) is 14.9. The quantitative estimate of drug-likeness (QED) is 0.0647. The van der Waals surface area contributed by atoms with Gasteiger partial charge in [0.15, 0.2) is 8.29 Å². The second-order valence-electron chi connectivity index (χ2n) is 10.8. The Morgan fingerprint density at radius 1 is 0.982 bits per heavy atom. The summed E-state index contributed by atoms with van der Waals surface area (Å²) in [4.78, 5) is 9.17. The van der Waals surface area contributed by atoms with Crippen LogP contribution < -0.4 is 10.6 Å². The molecule has 0 aromatic carbocycles. The molecule has 0 saturated carbocycles. The smallest absolute Gasteiger partial charge is 0.177 e. The third-order valence-electron chi connectivity index (χ3n) is 6.09. The Morgan fingerprint density at radius 3 is 1.82 bits per heavy atom. The first-order valence-corrected chi connectivity index (χ1v) is 27.4. The topological polar surface area (TPSA) is 171 Å². The maximum Gasteiger partial charge on any atom is 0.177 e. The van der Waals surface area contributed by atoms with E-state index in [-0.39, 0.29) is 0 Å². The van der Waals surface area contributed by atoms with Gasteiger partial charge in [0.05, 0.1) is 0 Å². The van der Waals surface area contributed by atoms with Crippen LogP contribution >= 0.6 is 88.2 Å². The molecule has 7 heterocycles. The van der Waals surface area contributed by atoms with Gasteiger partial charge in [-0.15, -0.1) is 10.2 Å². The van der Waals surface area contributed by atoms with Gasteiger partial charge in [-0.05, 0) is 68.4 Å². The number of nitrogens with zero attached hydrogens (tertiary/aromatic N) is 9. The first-order valence-electron chi connectivity index (χ1n) is 16.6. The molecule has 0 bridgehead atoms. The molecule has 0 amide bonds. The van der Waals surface area contributed by atoms with Crippen LogP contribution in [0.15, 0.2) is 71.1 Å². The Balaban J connectivity index is 0.000000631. The van der Waals surface area contributed by atoms with Gasteiger partial charge in [-0.1, -0.05) is 71.1 Å². The number of thiocarbonyl (C=S) groups is 1. The molecule has 1 saturated heterocycles. The number of nitrogens with one attached hydrogen (secondary N) is 5. The zero-order valence-electron chi connectivity index (χ0n) is 34.1. The summed E-state index contributed by atoms with van der Waals surface area (Å²) in [5, 5.41) is 29.6. The summed E-state index contributed by atoms with van der Waals surface area (Å²) >= 11 is 22.0. The summed E-state index contributed by atoms with van der Waals surface area (Å²) in [6.07, 6.45) is 15.1. The van der Waals surface area contributed by atoms with E-state index in [9.17, 15) is 0 Å². The number of aryl methyl sites for hydroxylation is 3. The molecule has 0 aliphatic carbocycles. The van der Waals surface area contributed by atoms with Crippen LogP contribution in [0.3, 0.4) is 0 Å². The number of likely N-dealkylation sites (N-methyl/N-ethyl adjacent to an activating group) is 1. The van der Waals surface area contributed by atoms with Gasteiger partial charge >= 0.3 is 54.1 Å². The molecule has 5 aromatic heterocycles. The molecule has 5 aromatic rings. The van der Waals surface area contributed by atoms with Crippen LogP contribution in [0.25, 0.3) is 0 Å². The van der Waals surface area contributed by atoms with Crippen LogP contribution in [-0.4, -0.2) is 132 Å². The number of hydrogen-bond donors (Lipinski definition) is 5. The number of rotatable bonds is 5. The molecule has 318 valence electrons. The number of H-pyrrole nitrogens is 3. The normalized spacial score (nSPS) is 12.2. The monoisotopic (exact) mass is 1110 g/mol. The van der Waals surface area contributed by atoms with Crippen molar-refractivity contribution >= 4 is 104 Å². The summed E-state index contributed by atoms with van der Waals surface area (Å²) in [5.74, 6) is 0.662. The largest absolute Gasteiger partial charge is 0.357 e. The van der Waals surface area contributed by atoms with Crippen molar-refractivity contribution in [2.24, 2.45) is 14.1 Å². The number of hydrogen-bond acceptors (Lipinski definition) is 17. The van der Waals surface area contributed by atoms with Gasteiger partial charge in [-0.2, -0.15) is 15.2 Å². The first-order chi connectivity index (χ1) is 27.0. The average Bonchev–Trinajstić information content (AvgIpc) is 4.05. The maximum absolute atomic E-state index is 5.01. The van der Waals surface area contributed by atoms with Gasteiger partial charge in [-0.3, -0.25) is 20.0 Å². The predicted molar refractivity (Wildman–Crippen MR) is 250 cm³/mol. The van der Waals surface area contributed by atoms with Gasteiger partial charge in [0.1, 0.15) is 9.33 Å². The molecule has 2 aliphatic rings. The van der Waals surface area contributed by atoms with Gasteiger partial charge in [-0.25, -0.2) is 0 Å². The molecule has 0 unspecified atom stereocenters. The van der Waals surface area contributed by atoms with Crippen LogP contribution in [0.1, 0.15) is 11.4 Å². The van der Waals surface area contributed by atoms with Crippen molar-refractivity contribution in [3.8, 4) is 0 Å². The standard InChI is InChI=1S/C5H7NS2.C5H9N.C5H7N.C4H7N3S.C4H6N2.C3H6N4S.C3H4N2S3.C3H9O2P.W/c1-4-3-6(2)5(7)8-4;2*1-6-4-2-3-5-6;1-3-6-7-4(5-2)8-3;1-6-4-2-3-5-6;1-4-2-5-3(8)7-6-2;1-7-3-5-4-2(6)8-3;1-4-6(3)5-2;/h1,3H2,2H3;2,4H,3,5H2,1H3;2-5H,1H3;1-2H3,(H,5,7);2-4H,1H3;1H3,(H3,4,5,6,7,8);1H3,(H,4,6);1-3H3;. The van der Waals surface area contributed by atoms with Crippen molar-refractivity contribution in [1.29, 1.82) is 0 Å². The van der Waals surface area contributed by atoms with Crippen LogP contribution in [0, 0.1) is 15.6 Å². The van der Waals surface area contributed by atoms with Crippen molar-refractivity contribution in [3.05, 3.63) is 80.5 Å². The minimum Gasteiger partial charge on any atom is -0.357 e. The van der Waals surface area contributed by atoms with Crippen molar-refractivity contribution in [3.63, 3.8) is 0 Å². The molecule has 0 spiro atoms. The van der Waals surface area contributed by atoms with E-state index in [1.165, 1.54) is 43.1 Å². The van der Waals surface area contributed by atoms with E-state index in [1.54, 1.807) is 67.0 Å². The fourth-order valence-electron chi connectivity index (χ4n) is 3.10. The predicted octanol–water partition coefficient (Wildman–Crippen LogP) is 8.28. The van der Waals surface area contributed by atoms with Crippen molar-refractivity contribution in [1.82, 2.24) is 59.7 Å². The molecule has 0 atom stereocenters. The number of aromatic nitrogens is 10. The van der Waals surface area contributed by atoms with Gasteiger partial charge in [0.2, 0.25) is 15.9 Å². The second kappa shape index (κ2) is 32.5. The molecule has 25 heteroatoms. The Morgan fingerprint density at radius 2 is 1.65 bits per heavy atom. The Kier molecular flexibility index (Phi) is 31.2. The van der Waals surface area contributed by atoms with E-state index in [4.69, 9.17) is 33.5 Å². The molecular formula is C32H55N14O2PS7W. The SMILES string of the molecule is C=C1CN(C)C(=S)S1.CN1C=CCC1.CNc1nc(=S)[nH][nH]1.CNc1nnc(C)s1.CO[P](C)(=[W])OC.CSc1n[nH]c(=S)s1.Cn1cccc1.Cn1cccn1. The van der Waals surface area contributed by atoms with E-state index in [0.29, 0.717) is 10.7 Å². The Hall–Kier alpha value is -2.30. The number of anilines is 2. The van der Waals surface area contributed by atoms with Crippen molar-refractivity contribution in [2.75, 3.05) is 79.1 Å². The first kappa shape index (κ1) is 54.7. The molecule has 16 nitrogen and oxygen atoms in total. The minimum absolute atomic E-state index is 0.467. The van der Waals surface area contributed by atoms with Crippen molar-refractivity contribution < 1.29 is 27.9 Å². The summed E-state index contributed by atoms with van der Waals surface area (Å²) in [5.41, 5.74) is 0. The van der Waals surface area contributed by atoms with E-state index >= 15 is 0 Å². The minimum atomic E-state index is -1.32. The Labute approximate surface area is 379 Å². The zero-order valence-corrected chi connectivity index (χ0v) is 43.6. The maximum atomic E-state index is 5.01. The number of aromatic amines is 3. The van der Waals surface area contributed by atoms with Crippen LogP contribution in [0.2, 0.25) is 0 Å². The van der Waals surface area contributed by atoms with E-state index < -0.39 is 5.35 Å². The van der Waals surface area contributed by atoms with Gasteiger partial charge in [0.25, 0.3) is 0 Å². The van der Waals surface area contributed by atoms with Gasteiger partial charge < -0.3 is 25.0 Å². The van der Waals surface area contributed by atoms with E-state index in [2.05, 4.69) is 94.3 Å². The molecule has 0 radical (unpaired) electrons. The van der Waals surface area contributed by atoms with E-state index in [1.807, 2.05) is 94.3 Å². The molecule has 2 aliphatic heterocycles. The fourth-order valence-corrected chi connectivity index (χ4v) is 6.58. The zero-order chi connectivity index (χ0) is 43.2. The van der Waals surface area contributed by atoms with E-state index in [0.717, 1.165) is 34.2 Å². The van der Waals surface area contributed by atoms with Crippen LogP contribution in [0.4, 0.5) is 11.1 Å². The third-order valence-corrected chi connectivity index (χ3v) is 15.2. The fraction of sp³-hybridized carbons (Fsp3) is 0.438. The molecule has 5 N–H and O–H groups in total. The Bertz CT molecular complexity index is 1870. The molecular weight excluding hydrogens is 1050 g/mol. The number of thioether (sulfide) groups is 2. The van der Waals surface area contributed by atoms with Crippen LogP contribution in [0.5, 0.6) is 0 Å². The molecule has 57 heavy (non-hydrogen) atoms. The summed E-state index contributed by atoms with van der Waals surface area (Å²) in [6, 6.07) is 5.89. The summed E-state index contributed by atoms with van der Waals surface area (Å²) in [6.45, 7) is 9.85.